The van der Waals surface area contributed by atoms with Crippen LogP contribution in [-0.2, 0) is 17.8 Å². The predicted octanol–water partition coefficient (Wildman–Crippen LogP) is 1.97. The third kappa shape index (κ3) is 5.90. The van der Waals surface area contributed by atoms with Crippen molar-refractivity contribution in [3.8, 4) is 0 Å². The van der Waals surface area contributed by atoms with Crippen LogP contribution >= 0.6 is 0 Å². The highest BCUT2D eigenvalue weighted by Crippen LogP contribution is 2.35. The van der Waals surface area contributed by atoms with Crippen LogP contribution in [0.15, 0.2) is 58.8 Å². The number of hydrogen-bond acceptors (Lipinski definition) is 8. The van der Waals surface area contributed by atoms with Crippen molar-refractivity contribution in [1.29, 1.82) is 0 Å². The van der Waals surface area contributed by atoms with Gasteiger partial charge in [-0.1, -0.05) is 0 Å². The molecule has 5 heterocycles. The minimum absolute atomic E-state index is 0.0126. The number of hydrogen-bond donors (Lipinski definition) is 1. The van der Waals surface area contributed by atoms with E-state index in [1.165, 1.54) is 46.5 Å². The quantitative estimate of drug-likeness (QED) is 0.576. The molecule has 13 heteroatoms. The Labute approximate surface area is 204 Å². The van der Waals surface area contributed by atoms with Crippen molar-refractivity contribution in [1.82, 2.24) is 24.5 Å². The molecule has 5 rings (SSSR count). The van der Waals surface area contributed by atoms with Gasteiger partial charge in [-0.05, 0) is 31.0 Å². The normalized spacial score (nSPS) is 19.8. The molecule has 3 aromatic heterocycles. The van der Waals surface area contributed by atoms with Gasteiger partial charge in [-0.3, -0.25) is 19.1 Å². The summed E-state index contributed by atoms with van der Waals surface area (Å²) >= 11 is 0. The number of pyridine rings is 1. The summed E-state index contributed by atoms with van der Waals surface area (Å²) in [5.74, 6) is 0.441. The molecular formula is C23H26F3N7O3. The Morgan fingerprint density at radius 2 is 1.86 bits per heavy atom. The van der Waals surface area contributed by atoms with Gasteiger partial charge < -0.3 is 19.5 Å². The van der Waals surface area contributed by atoms with E-state index in [0.717, 1.165) is 0 Å². The van der Waals surface area contributed by atoms with Gasteiger partial charge in [0.15, 0.2) is 0 Å². The first-order chi connectivity index (χ1) is 17.2. The molecule has 0 amide bonds. The molecule has 192 valence electrons. The van der Waals surface area contributed by atoms with Gasteiger partial charge in [0.05, 0.1) is 25.6 Å². The summed E-state index contributed by atoms with van der Waals surface area (Å²) in [7, 11) is 0. The zero-order valence-electron chi connectivity index (χ0n) is 19.6. The van der Waals surface area contributed by atoms with Gasteiger partial charge in [0, 0.05) is 50.4 Å². The lowest BCUT2D eigenvalue weighted by Crippen LogP contribution is -2.52. The molecule has 3 aromatic rings. The lowest BCUT2D eigenvalue weighted by Gasteiger charge is -2.40. The van der Waals surface area contributed by atoms with E-state index in [2.05, 4.69) is 19.9 Å². The molecular weight excluding hydrogens is 479 g/mol. The fraction of sp³-hybridized carbons (Fsp3) is 0.435. The molecule has 10 nitrogen and oxygen atoms in total. The van der Waals surface area contributed by atoms with Crippen molar-refractivity contribution in [3.63, 3.8) is 0 Å². The molecule has 1 fully saturated rings. The molecule has 0 spiro atoms. The second kappa shape index (κ2) is 10.9. The van der Waals surface area contributed by atoms with Crippen LogP contribution < -0.4 is 20.9 Å². The van der Waals surface area contributed by atoms with E-state index in [1.54, 1.807) is 12.1 Å². The fourth-order valence-corrected chi connectivity index (χ4v) is 4.18. The van der Waals surface area contributed by atoms with Gasteiger partial charge >= 0.3 is 6.18 Å². The number of nitrogens with zero attached hydrogens (tertiary/aromatic N) is 6. The SMILES string of the molecule is C[C@@H]1COCCN1c1cc(=O)n2c(n1)N(Cc1ccncc1)[C@H](C(F)(F)F)CC2.O=c1ccnc[nH]1. The number of halogens is 3. The highest BCUT2D eigenvalue weighted by molar-refractivity contribution is 5.48. The minimum atomic E-state index is -4.43. The maximum atomic E-state index is 13.8. The molecule has 0 aromatic carbocycles. The summed E-state index contributed by atoms with van der Waals surface area (Å²) < 4.78 is 48.2. The van der Waals surface area contributed by atoms with Crippen LogP contribution in [0.2, 0.25) is 0 Å². The lowest BCUT2D eigenvalue weighted by atomic mass is 10.1. The van der Waals surface area contributed by atoms with Crippen LogP contribution in [0.4, 0.5) is 24.9 Å². The van der Waals surface area contributed by atoms with Gasteiger partial charge in [-0.25, -0.2) is 4.98 Å². The number of morpholine rings is 1. The van der Waals surface area contributed by atoms with Crippen LogP contribution in [0.1, 0.15) is 18.9 Å². The Morgan fingerprint density at radius 1 is 1.11 bits per heavy atom. The zero-order valence-corrected chi connectivity index (χ0v) is 19.6. The molecule has 2 aliphatic heterocycles. The fourth-order valence-electron chi connectivity index (χ4n) is 4.18. The van der Waals surface area contributed by atoms with Gasteiger partial charge in [-0.15, -0.1) is 0 Å². The maximum Gasteiger partial charge on any atom is 0.408 e. The van der Waals surface area contributed by atoms with Crippen LogP contribution in [0.25, 0.3) is 0 Å². The van der Waals surface area contributed by atoms with E-state index in [4.69, 9.17) is 4.74 Å². The first-order valence-electron chi connectivity index (χ1n) is 11.4. The molecule has 0 unspecified atom stereocenters. The van der Waals surface area contributed by atoms with E-state index in [9.17, 15) is 22.8 Å². The number of rotatable bonds is 3. The molecule has 1 N–H and O–H groups in total. The molecule has 0 radical (unpaired) electrons. The first kappa shape index (κ1) is 25.4. The standard InChI is InChI=1S/C19H22F3N5O2.C4H4N2O/c1-13-12-29-9-8-25(13)16-10-17(28)26-7-4-15(19(20,21)22)27(18(26)24-16)11-14-2-5-23-6-3-14;7-4-1-2-5-3-6-4/h2-3,5-6,10,13,15H,4,7-9,11-12H2,1H3;1-3H,(H,5,6,7)/t13-,15+;/m1./s1. The highest BCUT2D eigenvalue weighted by atomic mass is 19.4. The monoisotopic (exact) mass is 505 g/mol. The van der Waals surface area contributed by atoms with Gasteiger partial charge in [0.1, 0.15) is 11.9 Å². The van der Waals surface area contributed by atoms with Crippen molar-refractivity contribution >= 4 is 11.8 Å². The number of H-pyrrole nitrogens is 1. The topological polar surface area (TPSA) is 109 Å². The molecule has 0 bridgehead atoms. The van der Waals surface area contributed by atoms with Gasteiger partial charge in [-0.2, -0.15) is 18.2 Å². The van der Waals surface area contributed by atoms with Gasteiger partial charge in [0.25, 0.3) is 11.1 Å². The number of anilines is 2. The van der Waals surface area contributed by atoms with Crippen LogP contribution in [-0.4, -0.2) is 62.5 Å². The smallest absolute Gasteiger partial charge is 0.377 e. The summed E-state index contributed by atoms with van der Waals surface area (Å²) in [5.41, 5.74) is 0.209. The number of fused-ring (bicyclic) bond motifs is 1. The van der Waals surface area contributed by atoms with E-state index < -0.39 is 12.2 Å². The van der Waals surface area contributed by atoms with Crippen molar-refractivity contribution in [2.75, 3.05) is 29.6 Å². The lowest BCUT2D eigenvalue weighted by molar-refractivity contribution is -0.153. The summed E-state index contributed by atoms with van der Waals surface area (Å²) in [6.07, 6.45) is 1.23. The molecule has 36 heavy (non-hydrogen) atoms. The number of ether oxygens (including phenoxy) is 1. The summed E-state index contributed by atoms with van der Waals surface area (Å²) in [6.45, 7) is 3.40. The largest absolute Gasteiger partial charge is 0.408 e. The molecule has 2 aliphatic rings. The number of aromatic nitrogens is 5. The Balaban J connectivity index is 0.000000375. The second-order valence-electron chi connectivity index (χ2n) is 8.45. The summed E-state index contributed by atoms with van der Waals surface area (Å²) in [5, 5.41) is 0. The molecule has 1 saturated heterocycles. The third-order valence-corrected chi connectivity index (χ3v) is 5.97. The summed E-state index contributed by atoms with van der Waals surface area (Å²) in [6, 6.07) is 4.37. The van der Waals surface area contributed by atoms with E-state index in [1.807, 2.05) is 11.8 Å². The van der Waals surface area contributed by atoms with Crippen LogP contribution in [0, 0.1) is 0 Å². The number of aromatic amines is 1. The Bertz CT molecular complexity index is 1250. The zero-order chi connectivity index (χ0) is 25.7. The molecule has 2 atom stereocenters. The van der Waals surface area contributed by atoms with E-state index >= 15 is 0 Å². The molecule has 0 saturated carbocycles. The van der Waals surface area contributed by atoms with Crippen molar-refractivity contribution in [3.05, 3.63) is 75.5 Å². The first-order valence-corrected chi connectivity index (χ1v) is 11.4. The van der Waals surface area contributed by atoms with Crippen LogP contribution in [0.5, 0.6) is 0 Å². The average Bonchev–Trinajstić information content (AvgIpc) is 2.85. The van der Waals surface area contributed by atoms with Gasteiger partial charge in [0.2, 0.25) is 5.95 Å². The summed E-state index contributed by atoms with van der Waals surface area (Å²) in [4.78, 5) is 40.4. The van der Waals surface area contributed by atoms with E-state index in [-0.39, 0.29) is 42.6 Å². The number of alkyl halides is 3. The maximum absolute atomic E-state index is 13.8. The third-order valence-electron chi connectivity index (χ3n) is 5.97. The Kier molecular flexibility index (Phi) is 7.67. The number of nitrogens with one attached hydrogen (secondary N) is 1. The highest BCUT2D eigenvalue weighted by Gasteiger charge is 2.47. The second-order valence-corrected chi connectivity index (χ2v) is 8.45. The van der Waals surface area contributed by atoms with Crippen molar-refractivity contribution < 1.29 is 17.9 Å². The minimum Gasteiger partial charge on any atom is -0.377 e. The predicted molar refractivity (Wildman–Crippen MR) is 126 cm³/mol. The van der Waals surface area contributed by atoms with Crippen molar-refractivity contribution in [2.24, 2.45) is 0 Å². The molecule has 0 aliphatic carbocycles. The van der Waals surface area contributed by atoms with E-state index in [0.29, 0.717) is 31.1 Å². The Morgan fingerprint density at radius 3 is 2.47 bits per heavy atom. The Hall–Kier alpha value is -3.74. The average molecular weight is 506 g/mol. The van der Waals surface area contributed by atoms with Crippen LogP contribution in [0.3, 0.4) is 0 Å². The van der Waals surface area contributed by atoms with Crippen molar-refractivity contribution in [2.45, 2.75) is 44.7 Å².